The van der Waals surface area contributed by atoms with Crippen LogP contribution in [-0.4, -0.2) is 65.3 Å². The summed E-state index contributed by atoms with van der Waals surface area (Å²) in [6.45, 7) is 3.20. The summed E-state index contributed by atoms with van der Waals surface area (Å²) >= 11 is 0.0259. The van der Waals surface area contributed by atoms with E-state index in [4.69, 9.17) is 4.74 Å². The third-order valence-electron chi connectivity index (χ3n) is 7.00. The number of amides is 3. The lowest BCUT2D eigenvalue weighted by Gasteiger charge is -2.30. The number of hydrogen-bond acceptors (Lipinski definition) is 6. The lowest BCUT2D eigenvalue weighted by atomic mass is 10.0. The molecule has 2 fully saturated rings. The van der Waals surface area contributed by atoms with Crippen LogP contribution in [0.15, 0.2) is 42.5 Å². The molecule has 1 atom stereocenters. The zero-order valence-electron chi connectivity index (χ0n) is 20.6. The Labute approximate surface area is 222 Å². The smallest absolute Gasteiger partial charge is 0.489 e. The number of carbonyl (C=O) groups is 3. The number of carbonyl (C=O) groups excluding carboxylic acids is 3. The second-order valence-corrected chi connectivity index (χ2v) is 10.9. The Kier molecular flexibility index (Phi) is 7.64. The van der Waals surface area contributed by atoms with Gasteiger partial charge in [0, 0.05) is 37.2 Å². The molecule has 0 spiro atoms. The molecule has 0 aliphatic carbocycles. The molecule has 2 aromatic rings. The number of hydrogen-bond donors (Lipinski definition) is 2. The highest BCUT2D eigenvalue weighted by molar-refractivity contribution is 7.93. The summed E-state index contributed by atoms with van der Waals surface area (Å²) in [5.41, 5.74) is -1.03. The topological polar surface area (TPSA) is 83.4 Å². The van der Waals surface area contributed by atoms with E-state index in [0.717, 1.165) is 16.7 Å². The number of nitrogens with one attached hydrogen (secondary N) is 2. The van der Waals surface area contributed by atoms with Crippen molar-refractivity contribution in [3.63, 3.8) is 0 Å². The third-order valence-corrected chi connectivity index (χ3v) is 7.93. The molecule has 202 valence electrons. The van der Waals surface area contributed by atoms with E-state index in [1.165, 1.54) is 4.90 Å². The fourth-order valence-electron chi connectivity index (χ4n) is 5.16. The van der Waals surface area contributed by atoms with Gasteiger partial charge in [-0.3, -0.25) is 28.9 Å². The van der Waals surface area contributed by atoms with Crippen molar-refractivity contribution in [2.45, 2.75) is 44.1 Å². The van der Waals surface area contributed by atoms with Gasteiger partial charge in [0.05, 0.1) is 6.54 Å². The first-order chi connectivity index (χ1) is 18.2. The molecule has 2 N–H and O–H groups in total. The van der Waals surface area contributed by atoms with Crippen molar-refractivity contribution in [2.75, 3.05) is 26.2 Å². The molecule has 0 saturated carbocycles. The maximum absolute atomic E-state index is 13.0. The molecular weight excluding hydrogens is 521 g/mol. The molecule has 5 rings (SSSR count). The van der Waals surface area contributed by atoms with Gasteiger partial charge in [-0.15, -0.1) is 0 Å². The minimum Gasteiger partial charge on any atom is -0.489 e. The summed E-state index contributed by atoms with van der Waals surface area (Å²) in [4.78, 5) is 40.5. The monoisotopic (exact) mass is 549 g/mol. The summed E-state index contributed by atoms with van der Waals surface area (Å²) in [6.07, 6.45) is 0.491. The van der Waals surface area contributed by atoms with E-state index < -0.39 is 17.5 Å². The molecule has 3 heterocycles. The van der Waals surface area contributed by atoms with Crippen LogP contribution in [-0.2, 0) is 29.3 Å². The van der Waals surface area contributed by atoms with Gasteiger partial charge >= 0.3 is 5.51 Å². The molecule has 2 aromatic carbocycles. The predicted octanol–water partition coefficient (Wildman–Crippen LogP) is 1.90. The van der Waals surface area contributed by atoms with Crippen LogP contribution in [0.3, 0.4) is 0 Å². The van der Waals surface area contributed by atoms with Gasteiger partial charge in [0.15, 0.2) is 11.9 Å². The number of nitrogens with zero attached hydrogens (tertiary/aromatic N) is 2. The maximum atomic E-state index is 13.0. The second kappa shape index (κ2) is 11.0. The molecule has 3 amide bonds. The predicted molar refractivity (Wildman–Crippen MR) is 133 cm³/mol. The molecule has 0 bridgehead atoms. The Morgan fingerprint density at radius 1 is 1.05 bits per heavy atom. The quantitative estimate of drug-likeness (QED) is 0.406. The summed E-state index contributed by atoms with van der Waals surface area (Å²) in [6, 6.07) is 12.4. The molecule has 3 aliphatic rings. The standard InChI is InChI=1S/C26H27F3N4O4S/c27-26(28,29)38-32-11-9-31(10-12-32)14-17-3-1-4-18(13-17)16-37-22-6-2-5-19-20(22)15-33(25(19)36)21-7-8-23(34)30-24(21)35/h1-6,13,21H,7-12,14-16H2,(H,30,34,35)/p+1. The van der Waals surface area contributed by atoms with Crippen LogP contribution in [0, 0.1) is 0 Å². The summed E-state index contributed by atoms with van der Waals surface area (Å²) < 4.78 is 44.5. The molecule has 2 saturated heterocycles. The third kappa shape index (κ3) is 6.13. The number of benzene rings is 2. The normalized spacial score (nSPS) is 21.0. The van der Waals surface area contributed by atoms with Crippen LogP contribution in [0.5, 0.6) is 5.75 Å². The number of imide groups is 1. The number of piperazine rings is 1. The highest BCUT2D eigenvalue weighted by Gasteiger charge is 2.40. The van der Waals surface area contributed by atoms with Crippen LogP contribution in [0.1, 0.15) is 39.9 Å². The first-order valence-electron chi connectivity index (χ1n) is 12.5. The molecule has 0 radical (unpaired) electrons. The Hall–Kier alpha value is -3.09. The van der Waals surface area contributed by atoms with Gasteiger partial charge in [0.2, 0.25) is 11.8 Å². The molecule has 0 aromatic heterocycles. The van der Waals surface area contributed by atoms with Crippen molar-refractivity contribution in [1.82, 2.24) is 15.1 Å². The van der Waals surface area contributed by atoms with Gasteiger partial charge in [-0.05, 0) is 29.7 Å². The van der Waals surface area contributed by atoms with Crippen LogP contribution >= 0.6 is 11.9 Å². The van der Waals surface area contributed by atoms with Gasteiger partial charge in [-0.1, -0.05) is 30.3 Å². The largest absolute Gasteiger partial charge is 0.496 e. The number of piperidine rings is 1. The highest BCUT2D eigenvalue weighted by Crippen LogP contribution is 2.34. The van der Waals surface area contributed by atoms with Crippen molar-refractivity contribution >= 4 is 29.7 Å². The highest BCUT2D eigenvalue weighted by atomic mass is 32.2. The number of halogens is 3. The average molecular weight is 550 g/mol. The van der Waals surface area contributed by atoms with Crippen LogP contribution in [0.2, 0.25) is 0 Å². The fourth-order valence-corrected chi connectivity index (χ4v) is 5.87. The zero-order chi connectivity index (χ0) is 26.9. The van der Waals surface area contributed by atoms with Gasteiger partial charge < -0.3 is 9.64 Å². The Bertz CT molecular complexity index is 1230. The average Bonchev–Trinajstić information content (AvgIpc) is 3.20. The van der Waals surface area contributed by atoms with E-state index in [0.29, 0.717) is 54.8 Å². The van der Waals surface area contributed by atoms with Gasteiger partial charge in [0.25, 0.3) is 5.91 Å². The number of quaternary nitrogens is 1. The number of ether oxygens (including phenoxy) is 1. The van der Waals surface area contributed by atoms with Crippen molar-refractivity contribution in [1.29, 1.82) is 0 Å². The number of rotatable bonds is 7. The lowest BCUT2D eigenvalue weighted by molar-refractivity contribution is -0.764. The lowest BCUT2D eigenvalue weighted by Crippen LogP contribution is -3.09. The van der Waals surface area contributed by atoms with Gasteiger partial charge in [-0.2, -0.15) is 13.2 Å². The summed E-state index contributed by atoms with van der Waals surface area (Å²) in [5, 5.41) is 2.31. The zero-order valence-corrected chi connectivity index (χ0v) is 21.4. The fraction of sp³-hybridized carbons (Fsp3) is 0.423. The van der Waals surface area contributed by atoms with E-state index in [1.54, 1.807) is 18.2 Å². The van der Waals surface area contributed by atoms with Crippen molar-refractivity contribution < 1.29 is 36.6 Å². The van der Waals surface area contributed by atoms with Crippen LogP contribution in [0.4, 0.5) is 13.2 Å². The summed E-state index contributed by atoms with van der Waals surface area (Å²) in [5.74, 6) is -0.469. The van der Waals surface area contributed by atoms with Crippen molar-refractivity contribution in [2.24, 2.45) is 0 Å². The maximum Gasteiger partial charge on any atom is 0.496 e. The van der Waals surface area contributed by atoms with E-state index in [-0.39, 0.29) is 43.3 Å². The number of alkyl halides is 3. The Balaban J connectivity index is 1.19. The van der Waals surface area contributed by atoms with E-state index in [9.17, 15) is 27.6 Å². The minimum atomic E-state index is -4.22. The SMILES string of the molecule is O=C1CCC(N2Cc3c(OCc4cccc(CN5CC[NH+](SC(F)(F)F)CC5)c4)cccc3C2=O)C(=O)N1. The minimum absolute atomic E-state index is 0.0259. The van der Waals surface area contributed by atoms with E-state index in [1.807, 2.05) is 24.3 Å². The van der Waals surface area contributed by atoms with Crippen molar-refractivity contribution in [3.05, 3.63) is 64.7 Å². The van der Waals surface area contributed by atoms with E-state index >= 15 is 0 Å². The van der Waals surface area contributed by atoms with Crippen LogP contribution in [0.25, 0.3) is 0 Å². The number of fused-ring (bicyclic) bond motifs is 1. The second-order valence-electron chi connectivity index (χ2n) is 9.65. The van der Waals surface area contributed by atoms with Gasteiger partial charge in [0.1, 0.15) is 31.5 Å². The van der Waals surface area contributed by atoms with Crippen LogP contribution < -0.4 is 14.4 Å². The molecule has 12 heteroatoms. The first-order valence-corrected chi connectivity index (χ1v) is 13.3. The molecule has 38 heavy (non-hydrogen) atoms. The first kappa shape index (κ1) is 26.5. The molecular formula is C26H28F3N4O4S+. The van der Waals surface area contributed by atoms with E-state index in [2.05, 4.69) is 10.2 Å². The molecule has 1 unspecified atom stereocenters. The molecule has 3 aliphatic heterocycles. The Morgan fingerprint density at radius 3 is 2.53 bits per heavy atom. The Morgan fingerprint density at radius 2 is 1.79 bits per heavy atom. The summed E-state index contributed by atoms with van der Waals surface area (Å²) in [7, 11) is 0. The molecule has 8 nitrogen and oxygen atoms in total. The van der Waals surface area contributed by atoms with Gasteiger partial charge in [-0.25, -0.2) is 0 Å². The van der Waals surface area contributed by atoms with Crippen molar-refractivity contribution in [3.8, 4) is 5.75 Å².